The van der Waals surface area contributed by atoms with Crippen LogP contribution in [0.1, 0.15) is 94.2 Å². The SMILES string of the molecule is CC(C)(C)Nc1cccc2c(NC(C)(C)C)cccc12.Cc1cc(NC(C)(C)C)ccc1-c1ccc(NC(C)(C)C)cc1C. The fourth-order valence-electron chi connectivity index (χ4n) is 5.29. The molecule has 0 atom stereocenters. The number of rotatable bonds is 5. The van der Waals surface area contributed by atoms with Gasteiger partial charge in [0.2, 0.25) is 0 Å². The summed E-state index contributed by atoms with van der Waals surface area (Å²) in [5, 5.41) is 16.8. The Kier molecular flexibility index (Phi) is 10.4. The monoisotopic (exact) mass is 594 g/mol. The average Bonchev–Trinajstić information content (AvgIpc) is 2.82. The summed E-state index contributed by atoms with van der Waals surface area (Å²) in [5.74, 6) is 0. The number of anilines is 4. The molecule has 4 nitrogen and oxygen atoms in total. The molecule has 0 heterocycles. The Morgan fingerprint density at radius 1 is 0.386 bits per heavy atom. The van der Waals surface area contributed by atoms with Crippen molar-refractivity contribution < 1.29 is 0 Å². The lowest BCUT2D eigenvalue weighted by atomic mass is 9.95. The van der Waals surface area contributed by atoms with Gasteiger partial charge in [-0.3, -0.25) is 0 Å². The summed E-state index contributed by atoms with van der Waals surface area (Å²) in [7, 11) is 0. The summed E-state index contributed by atoms with van der Waals surface area (Å²) in [6.07, 6.45) is 0. The van der Waals surface area contributed by atoms with Crippen molar-refractivity contribution in [3.8, 4) is 11.1 Å². The van der Waals surface area contributed by atoms with E-state index in [1.165, 1.54) is 55.8 Å². The van der Waals surface area contributed by atoms with E-state index in [4.69, 9.17) is 0 Å². The maximum atomic E-state index is 3.59. The van der Waals surface area contributed by atoms with Crippen LogP contribution in [-0.2, 0) is 0 Å². The Hall–Kier alpha value is -3.66. The molecule has 0 unspecified atom stereocenters. The van der Waals surface area contributed by atoms with E-state index in [1.807, 2.05) is 0 Å². The molecule has 0 bridgehead atoms. The van der Waals surface area contributed by atoms with Crippen molar-refractivity contribution >= 4 is 33.5 Å². The molecular weight excluding hydrogens is 536 g/mol. The van der Waals surface area contributed by atoms with Crippen LogP contribution in [0.4, 0.5) is 22.7 Å². The van der Waals surface area contributed by atoms with Gasteiger partial charge in [0, 0.05) is 55.7 Å². The van der Waals surface area contributed by atoms with Crippen molar-refractivity contribution in [1.29, 1.82) is 0 Å². The Morgan fingerprint density at radius 2 is 0.705 bits per heavy atom. The Bertz CT molecular complexity index is 1440. The van der Waals surface area contributed by atoms with Crippen LogP contribution in [0.15, 0.2) is 72.8 Å². The summed E-state index contributed by atoms with van der Waals surface area (Å²) in [6, 6.07) is 26.2. The molecule has 0 radical (unpaired) electrons. The molecule has 0 saturated heterocycles. The van der Waals surface area contributed by atoms with Crippen LogP contribution in [-0.4, -0.2) is 22.2 Å². The molecule has 4 N–H and O–H groups in total. The molecule has 0 aliphatic carbocycles. The summed E-state index contributed by atoms with van der Waals surface area (Å²) in [6.45, 7) is 30.6. The minimum Gasteiger partial charge on any atom is -0.380 e. The third-order valence-corrected chi connectivity index (χ3v) is 6.72. The number of nitrogens with one attached hydrogen (secondary N) is 4. The van der Waals surface area contributed by atoms with E-state index >= 15 is 0 Å². The minimum absolute atomic E-state index is 0.0573. The average molecular weight is 595 g/mol. The molecule has 4 aromatic carbocycles. The molecule has 4 heteroatoms. The van der Waals surface area contributed by atoms with E-state index in [1.54, 1.807) is 0 Å². The first kappa shape index (κ1) is 34.8. The van der Waals surface area contributed by atoms with Crippen LogP contribution >= 0.6 is 0 Å². The van der Waals surface area contributed by atoms with Gasteiger partial charge in [-0.1, -0.05) is 36.4 Å². The first-order valence-corrected chi connectivity index (χ1v) is 16.0. The predicted octanol–water partition coefficient (Wildman–Crippen LogP) is 11.7. The van der Waals surface area contributed by atoms with Gasteiger partial charge >= 0.3 is 0 Å². The van der Waals surface area contributed by atoms with Crippen LogP contribution in [0, 0.1) is 13.8 Å². The number of hydrogen-bond donors (Lipinski definition) is 4. The second kappa shape index (κ2) is 13.1. The van der Waals surface area contributed by atoms with Crippen LogP contribution in [0.3, 0.4) is 0 Å². The van der Waals surface area contributed by atoms with Crippen LogP contribution < -0.4 is 21.3 Å². The zero-order valence-corrected chi connectivity index (χ0v) is 29.9. The van der Waals surface area contributed by atoms with Crippen molar-refractivity contribution in [3.05, 3.63) is 83.9 Å². The maximum absolute atomic E-state index is 3.59. The summed E-state index contributed by atoms with van der Waals surface area (Å²) < 4.78 is 0. The normalized spacial score (nSPS) is 12.3. The fourth-order valence-corrected chi connectivity index (χ4v) is 5.29. The lowest BCUT2D eigenvalue weighted by molar-refractivity contribution is 0.633. The number of hydrogen-bond acceptors (Lipinski definition) is 4. The lowest BCUT2D eigenvalue weighted by Crippen LogP contribution is -2.27. The van der Waals surface area contributed by atoms with Crippen molar-refractivity contribution in [2.75, 3.05) is 21.3 Å². The summed E-state index contributed by atoms with van der Waals surface area (Å²) in [4.78, 5) is 0. The molecule has 0 aliphatic rings. The predicted molar refractivity (Wildman–Crippen MR) is 199 cm³/mol. The van der Waals surface area contributed by atoms with Crippen LogP contribution in [0.2, 0.25) is 0 Å². The molecule has 0 amide bonds. The van der Waals surface area contributed by atoms with Crippen molar-refractivity contribution in [2.24, 2.45) is 0 Å². The molecule has 0 aliphatic heterocycles. The van der Waals surface area contributed by atoms with Gasteiger partial charge in [-0.2, -0.15) is 0 Å². The van der Waals surface area contributed by atoms with Crippen LogP contribution in [0.5, 0.6) is 0 Å². The Labute approximate surface area is 268 Å². The summed E-state index contributed by atoms with van der Waals surface area (Å²) >= 11 is 0. The van der Waals surface area contributed by atoms with Gasteiger partial charge in [0.25, 0.3) is 0 Å². The molecule has 0 fully saturated rings. The minimum atomic E-state index is 0.0573. The van der Waals surface area contributed by atoms with Crippen molar-refractivity contribution in [3.63, 3.8) is 0 Å². The van der Waals surface area contributed by atoms with Gasteiger partial charge in [0.1, 0.15) is 0 Å². The maximum Gasteiger partial charge on any atom is 0.0424 e. The number of aryl methyl sites for hydroxylation is 2. The second-order valence-corrected chi connectivity index (χ2v) is 16.3. The molecule has 4 rings (SSSR count). The quantitative estimate of drug-likeness (QED) is 0.186. The van der Waals surface area contributed by atoms with Crippen LogP contribution in [0.25, 0.3) is 21.9 Å². The van der Waals surface area contributed by atoms with Gasteiger partial charge in [-0.05, 0) is 156 Å². The van der Waals surface area contributed by atoms with Crippen molar-refractivity contribution in [2.45, 2.75) is 119 Å². The molecule has 238 valence electrons. The second-order valence-electron chi connectivity index (χ2n) is 16.3. The molecule has 0 aromatic heterocycles. The molecule has 4 aromatic rings. The Morgan fingerprint density at radius 3 is 0.977 bits per heavy atom. The zero-order chi connectivity index (χ0) is 33.1. The molecule has 0 spiro atoms. The first-order chi connectivity index (χ1) is 20.1. The van der Waals surface area contributed by atoms with Gasteiger partial charge in [0.15, 0.2) is 0 Å². The van der Waals surface area contributed by atoms with E-state index in [9.17, 15) is 0 Å². The van der Waals surface area contributed by atoms with Gasteiger partial charge in [-0.25, -0.2) is 0 Å². The lowest BCUT2D eigenvalue weighted by Gasteiger charge is -2.26. The van der Waals surface area contributed by atoms with E-state index in [-0.39, 0.29) is 22.2 Å². The molecular formula is C40H58N4. The number of fused-ring (bicyclic) bond motifs is 1. The Balaban J connectivity index is 0.000000244. The van der Waals surface area contributed by atoms with Gasteiger partial charge < -0.3 is 21.3 Å². The third kappa shape index (κ3) is 10.8. The molecule has 0 saturated carbocycles. The molecule has 44 heavy (non-hydrogen) atoms. The van der Waals surface area contributed by atoms with Gasteiger partial charge in [-0.15, -0.1) is 0 Å². The van der Waals surface area contributed by atoms with E-state index in [0.29, 0.717) is 0 Å². The summed E-state index contributed by atoms with van der Waals surface area (Å²) in [5.41, 5.74) is 10.2. The highest BCUT2D eigenvalue weighted by atomic mass is 15.0. The van der Waals surface area contributed by atoms with E-state index < -0.39 is 0 Å². The van der Waals surface area contributed by atoms with Gasteiger partial charge in [0.05, 0.1) is 0 Å². The topological polar surface area (TPSA) is 48.1 Å². The first-order valence-electron chi connectivity index (χ1n) is 16.0. The van der Waals surface area contributed by atoms with Crippen molar-refractivity contribution in [1.82, 2.24) is 0 Å². The highest BCUT2D eigenvalue weighted by Gasteiger charge is 2.16. The standard InChI is InChI=1S/C22H32N2.C18H26N2/c1-15-13-17(23-21(3,4)5)9-11-19(15)20-12-10-18(14-16(20)2)24-22(6,7)8;1-17(2,3)19-15-11-7-10-14-13(15)9-8-12-16(14)20-18(4,5)6/h9-14,23-24H,1-8H3;7-12,19-20H,1-6H3. The fraction of sp³-hybridized carbons (Fsp3) is 0.450. The zero-order valence-electron chi connectivity index (χ0n) is 29.9. The largest absolute Gasteiger partial charge is 0.380 e. The smallest absolute Gasteiger partial charge is 0.0424 e. The third-order valence-electron chi connectivity index (χ3n) is 6.72. The van der Waals surface area contributed by atoms with E-state index in [2.05, 4.69) is 191 Å². The van der Waals surface area contributed by atoms with E-state index in [0.717, 1.165) is 0 Å². The highest BCUT2D eigenvalue weighted by Crippen LogP contribution is 2.33. The highest BCUT2D eigenvalue weighted by molar-refractivity contribution is 6.01. The number of benzene rings is 4.